The van der Waals surface area contributed by atoms with Crippen LogP contribution in [-0.4, -0.2) is 28.0 Å². The molecule has 2 heterocycles. The van der Waals surface area contributed by atoms with Crippen molar-refractivity contribution in [1.82, 2.24) is 14.6 Å². The molecule has 0 spiro atoms. The quantitative estimate of drug-likeness (QED) is 0.544. The van der Waals surface area contributed by atoms with E-state index in [0.717, 1.165) is 10.1 Å². The number of benzene rings is 2. The fraction of sp³-hybridized carbons (Fsp3) is 0.0556. The third-order valence-electron chi connectivity index (χ3n) is 4.05. The average Bonchev–Trinajstić information content (AvgIpc) is 3.00. The molecule has 0 aliphatic heterocycles. The van der Waals surface area contributed by atoms with Gasteiger partial charge < -0.3 is 14.7 Å². The SMILES string of the molecule is COc1ccc2c(c1)[nH]c1c(=O)n(/N=C/c3ccccc3Cl)c(=O)[nH]c12. The molecule has 0 unspecified atom stereocenters. The predicted octanol–water partition coefficient (Wildman–Crippen LogP) is 2.72. The highest BCUT2D eigenvalue weighted by Crippen LogP contribution is 2.24. The standard InChI is InChI=1S/C18H13ClN4O3/c1-26-11-6-7-12-14(8-11)21-16-15(12)22-18(25)23(17(16)24)20-9-10-4-2-3-5-13(10)19/h2-9,21H,1H3,(H,22,25)/b20-9+. The Morgan fingerprint density at radius 2 is 1.92 bits per heavy atom. The summed E-state index contributed by atoms with van der Waals surface area (Å²) in [6.45, 7) is 0. The molecule has 2 aromatic heterocycles. The molecule has 0 radical (unpaired) electrons. The van der Waals surface area contributed by atoms with Crippen LogP contribution in [0, 0.1) is 0 Å². The molecular formula is C18H13ClN4O3. The molecule has 26 heavy (non-hydrogen) atoms. The summed E-state index contributed by atoms with van der Waals surface area (Å²) in [6.07, 6.45) is 1.37. The normalized spacial score (nSPS) is 11.6. The van der Waals surface area contributed by atoms with Crippen LogP contribution in [0.2, 0.25) is 5.02 Å². The van der Waals surface area contributed by atoms with Crippen LogP contribution in [-0.2, 0) is 0 Å². The largest absolute Gasteiger partial charge is 0.497 e. The molecule has 0 saturated heterocycles. The number of aromatic amines is 2. The molecular weight excluding hydrogens is 356 g/mol. The van der Waals surface area contributed by atoms with E-state index in [2.05, 4.69) is 15.1 Å². The van der Waals surface area contributed by atoms with Gasteiger partial charge in [0.1, 0.15) is 11.3 Å². The lowest BCUT2D eigenvalue weighted by Gasteiger charge is -1.99. The Morgan fingerprint density at radius 3 is 2.69 bits per heavy atom. The van der Waals surface area contributed by atoms with E-state index in [9.17, 15) is 9.59 Å². The van der Waals surface area contributed by atoms with Gasteiger partial charge in [0.05, 0.1) is 24.4 Å². The number of fused-ring (bicyclic) bond motifs is 3. The van der Waals surface area contributed by atoms with Crippen LogP contribution in [0.25, 0.3) is 21.9 Å². The van der Waals surface area contributed by atoms with Crippen LogP contribution in [0.1, 0.15) is 5.56 Å². The van der Waals surface area contributed by atoms with E-state index in [1.165, 1.54) is 6.21 Å². The zero-order chi connectivity index (χ0) is 18.3. The Labute approximate surface area is 151 Å². The van der Waals surface area contributed by atoms with E-state index in [1.807, 2.05) is 0 Å². The summed E-state index contributed by atoms with van der Waals surface area (Å²) in [5.41, 5.74) is 0.776. The van der Waals surface area contributed by atoms with E-state index >= 15 is 0 Å². The number of ether oxygens (including phenoxy) is 1. The van der Waals surface area contributed by atoms with Gasteiger partial charge in [0, 0.05) is 22.0 Å². The van der Waals surface area contributed by atoms with Gasteiger partial charge in [-0.2, -0.15) is 5.10 Å². The van der Waals surface area contributed by atoms with Crippen molar-refractivity contribution in [3.63, 3.8) is 0 Å². The number of aromatic nitrogens is 3. The fourth-order valence-electron chi connectivity index (χ4n) is 2.76. The van der Waals surface area contributed by atoms with Gasteiger partial charge in [-0.25, -0.2) is 4.79 Å². The number of halogens is 1. The van der Waals surface area contributed by atoms with Crippen molar-refractivity contribution in [3.05, 3.63) is 73.9 Å². The summed E-state index contributed by atoms with van der Waals surface area (Å²) < 4.78 is 5.95. The van der Waals surface area contributed by atoms with E-state index in [-0.39, 0.29) is 5.52 Å². The molecule has 8 heteroatoms. The summed E-state index contributed by atoms with van der Waals surface area (Å²) >= 11 is 6.06. The molecule has 7 nitrogen and oxygen atoms in total. The Balaban J connectivity index is 1.91. The zero-order valence-electron chi connectivity index (χ0n) is 13.6. The molecule has 130 valence electrons. The van der Waals surface area contributed by atoms with Gasteiger partial charge in [-0.1, -0.05) is 29.8 Å². The third-order valence-corrected chi connectivity index (χ3v) is 4.40. The Bertz CT molecular complexity index is 1280. The second-order valence-corrected chi connectivity index (χ2v) is 6.01. The number of methoxy groups -OCH3 is 1. The first kappa shape index (κ1) is 16.2. The molecule has 0 aliphatic rings. The van der Waals surface area contributed by atoms with E-state index in [4.69, 9.17) is 16.3 Å². The number of H-pyrrole nitrogens is 2. The molecule has 0 atom stereocenters. The first-order chi connectivity index (χ1) is 12.6. The van der Waals surface area contributed by atoms with Gasteiger partial charge in [-0.05, 0) is 18.2 Å². The number of hydrogen-bond acceptors (Lipinski definition) is 4. The van der Waals surface area contributed by atoms with Gasteiger partial charge in [0.2, 0.25) is 0 Å². The molecule has 0 amide bonds. The lowest BCUT2D eigenvalue weighted by atomic mass is 10.2. The Hall–Kier alpha value is -3.32. The second kappa shape index (κ2) is 6.20. The summed E-state index contributed by atoms with van der Waals surface area (Å²) in [4.78, 5) is 30.8. The van der Waals surface area contributed by atoms with Gasteiger partial charge >= 0.3 is 11.2 Å². The van der Waals surface area contributed by atoms with Crippen LogP contribution in [0.3, 0.4) is 0 Å². The smallest absolute Gasteiger partial charge is 0.350 e. The van der Waals surface area contributed by atoms with Crippen molar-refractivity contribution in [3.8, 4) is 5.75 Å². The Morgan fingerprint density at radius 1 is 1.12 bits per heavy atom. The van der Waals surface area contributed by atoms with Crippen molar-refractivity contribution in [2.45, 2.75) is 0 Å². The molecule has 4 aromatic rings. The van der Waals surface area contributed by atoms with Gasteiger partial charge in [-0.3, -0.25) is 4.79 Å². The minimum Gasteiger partial charge on any atom is -0.497 e. The molecule has 0 aliphatic carbocycles. The van der Waals surface area contributed by atoms with Crippen LogP contribution in [0.15, 0.2) is 57.2 Å². The van der Waals surface area contributed by atoms with Crippen LogP contribution < -0.4 is 16.0 Å². The summed E-state index contributed by atoms with van der Waals surface area (Å²) in [6, 6.07) is 12.3. The van der Waals surface area contributed by atoms with Crippen molar-refractivity contribution >= 4 is 39.8 Å². The van der Waals surface area contributed by atoms with Crippen molar-refractivity contribution in [2.24, 2.45) is 5.10 Å². The minimum absolute atomic E-state index is 0.254. The molecule has 2 aromatic carbocycles. The zero-order valence-corrected chi connectivity index (χ0v) is 14.4. The number of hydrogen-bond donors (Lipinski definition) is 2. The van der Waals surface area contributed by atoms with Crippen molar-refractivity contribution in [1.29, 1.82) is 0 Å². The second-order valence-electron chi connectivity index (χ2n) is 5.60. The van der Waals surface area contributed by atoms with Crippen LogP contribution in [0.5, 0.6) is 5.75 Å². The molecule has 4 rings (SSSR count). The summed E-state index contributed by atoms with van der Waals surface area (Å²) in [7, 11) is 1.56. The number of rotatable bonds is 3. The van der Waals surface area contributed by atoms with Gasteiger partial charge in [0.25, 0.3) is 0 Å². The lowest BCUT2D eigenvalue weighted by Crippen LogP contribution is -2.32. The van der Waals surface area contributed by atoms with Crippen molar-refractivity contribution < 1.29 is 4.74 Å². The monoisotopic (exact) mass is 368 g/mol. The topological polar surface area (TPSA) is 92.2 Å². The maximum Gasteiger partial charge on any atom is 0.350 e. The summed E-state index contributed by atoms with van der Waals surface area (Å²) in [5.74, 6) is 0.642. The van der Waals surface area contributed by atoms with Gasteiger partial charge in [0.15, 0.2) is 0 Å². The van der Waals surface area contributed by atoms with E-state index in [1.54, 1.807) is 49.6 Å². The number of nitrogens with zero attached hydrogens (tertiary/aromatic N) is 2. The molecule has 0 saturated carbocycles. The lowest BCUT2D eigenvalue weighted by molar-refractivity contribution is 0.415. The summed E-state index contributed by atoms with van der Waals surface area (Å²) in [5, 5.41) is 5.19. The van der Waals surface area contributed by atoms with Crippen LogP contribution >= 0.6 is 11.6 Å². The number of nitrogens with one attached hydrogen (secondary N) is 2. The molecule has 2 N–H and O–H groups in total. The predicted molar refractivity (Wildman–Crippen MR) is 102 cm³/mol. The van der Waals surface area contributed by atoms with Crippen LogP contribution in [0.4, 0.5) is 0 Å². The third kappa shape index (κ3) is 2.58. The fourth-order valence-corrected chi connectivity index (χ4v) is 2.94. The highest BCUT2D eigenvalue weighted by molar-refractivity contribution is 6.33. The van der Waals surface area contributed by atoms with E-state index in [0.29, 0.717) is 27.4 Å². The van der Waals surface area contributed by atoms with E-state index < -0.39 is 11.2 Å². The first-order valence-corrected chi connectivity index (χ1v) is 8.10. The minimum atomic E-state index is -0.637. The molecule has 0 bridgehead atoms. The highest BCUT2D eigenvalue weighted by Gasteiger charge is 2.13. The van der Waals surface area contributed by atoms with Gasteiger partial charge in [-0.15, -0.1) is 4.68 Å². The maximum atomic E-state index is 12.7. The molecule has 0 fully saturated rings. The van der Waals surface area contributed by atoms with Crippen molar-refractivity contribution in [2.75, 3.05) is 7.11 Å². The highest BCUT2D eigenvalue weighted by atomic mass is 35.5. The maximum absolute atomic E-state index is 12.7. The Kier molecular flexibility index (Phi) is 3.85. The average molecular weight is 369 g/mol. The first-order valence-electron chi connectivity index (χ1n) is 7.72.